The lowest BCUT2D eigenvalue weighted by molar-refractivity contribution is 0.264. The molecule has 1 saturated carbocycles. The Morgan fingerprint density at radius 3 is 2.89 bits per heavy atom. The molecule has 1 aliphatic carbocycles. The molecule has 2 nitrogen and oxygen atoms in total. The lowest BCUT2D eigenvalue weighted by Crippen LogP contribution is -2.26. The Labute approximate surface area is 112 Å². The second-order valence-electron chi connectivity index (χ2n) is 5.11. The summed E-state index contributed by atoms with van der Waals surface area (Å²) >= 11 is 6.14. The van der Waals surface area contributed by atoms with Gasteiger partial charge in [0.25, 0.3) is 0 Å². The zero-order chi connectivity index (χ0) is 12.5. The third-order valence-electron chi connectivity index (χ3n) is 4.08. The first-order valence-electron chi connectivity index (χ1n) is 6.54. The zero-order valence-corrected chi connectivity index (χ0v) is 11.0. The Morgan fingerprint density at radius 2 is 2.22 bits per heavy atom. The quantitative estimate of drug-likeness (QED) is 0.913. The molecule has 0 spiro atoms. The molecule has 0 bridgehead atoms. The highest BCUT2D eigenvalue weighted by atomic mass is 35.5. The zero-order valence-electron chi connectivity index (χ0n) is 10.3. The van der Waals surface area contributed by atoms with Gasteiger partial charge in [0.15, 0.2) is 0 Å². The van der Waals surface area contributed by atoms with Crippen LogP contribution in [0, 0.1) is 5.92 Å². The molecule has 94 valence electrons. The number of hydrogen-bond acceptors (Lipinski definition) is 2. The molecule has 1 atom stereocenters. The van der Waals surface area contributed by atoms with Crippen molar-refractivity contribution in [3.8, 4) is 0 Å². The molecule has 0 aliphatic heterocycles. The van der Waals surface area contributed by atoms with Crippen LogP contribution in [-0.2, 0) is 0 Å². The summed E-state index contributed by atoms with van der Waals surface area (Å²) in [5.41, 5.74) is 8.08. The van der Waals surface area contributed by atoms with Crippen LogP contribution in [0.15, 0.2) is 30.5 Å². The third-order valence-corrected chi connectivity index (χ3v) is 4.39. The van der Waals surface area contributed by atoms with E-state index in [4.69, 9.17) is 17.3 Å². The smallest absolute Gasteiger partial charge is 0.0888 e. The summed E-state index contributed by atoms with van der Waals surface area (Å²) in [6.07, 6.45) is 5.89. The molecule has 1 fully saturated rings. The number of nitrogens with zero attached hydrogens (tertiary/aromatic N) is 1. The average Bonchev–Trinajstić information content (AvgIpc) is 2.33. The van der Waals surface area contributed by atoms with E-state index in [1.54, 1.807) is 0 Å². The van der Waals surface area contributed by atoms with E-state index in [1.165, 1.54) is 24.8 Å². The minimum atomic E-state index is 0.453. The molecule has 0 amide bonds. The van der Waals surface area contributed by atoms with Crippen molar-refractivity contribution in [3.05, 3.63) is 41.0 Å². The molecule has 0 saturated heterocycles. The van der Waals surface area contributed by atoms with Crippen molar-refractivity contribution >= 4 is 22.5 Å². The Balaban J connectivity index is 2.01. The van der Waals surface area contributed by atoms with Gasteiger partial charge in [-0.3, -0.25) is 4.98 Å². The first-order valence-corrected chi connectivity index (χ1v) is 6.91. The second kappa shape index (κ2) is 4.87. The van der Waals surface area contributed by atoms with E-state index in [-0.39, 0.29) is 0 Å². The van der Waals surface area contributed by atoms with Gasteiger partial charge in [-0.05, 0) is 43.0 Å². The number of para-hydroxylation sites is 1. The van der Waals surface area contributed by atoms with Crippen LogP contribution in [0.2, 0.25) is 5.02 Å². The maximum atomic E-state index is 6.14. The SMILES string of the molecule is NCC(c1cnc2c(Cl)cccc2c1)C1CCC1. The van der Waals surface area contributed by atoms with Crippen LogP contribution < -0.4 is 5.73 Å². The van der Waals surface area contributed by atoms with Gasteiger partial charge in [-0.2, -0.15) is 0 Å². The summed E-state index contributed by atoms with van der Waals surface area (Å²) in [5.74, 6) is 1.20. The molecule has 1 heterocycles. The van der Waals surface area contributed by atoms with Crippen LogP contribution in [0.1, 0.15) is 30.7 Å². The third kappa shape index (κ3) is 2.00. The highest BCUT2D eigenvalue weighted by molar-refractivity contribution is 6.35. The number of hydrogen-bond donors (Lipinski definition) is 1. The first kappa shape index (κ1) is 11.9. The van der Waals surface area contributed by atoms with Crippen molar-refractivity contribution in [1.82, 2.24) is 4.98 Å². The van der Waals surface area contributed by atoms with E-state index in [9.17, 15) is 0 Å². The minimum absolute atomic E-state index is 0.453. The lowest BCUT2D eigenvalue weighted by Gasteiger charge is -2.33. The van der Waals surface area contributed by atoms with Crippen molar-refractivity contribution in [2.45, 2.75) is 25.2 Å². The minimum Gasteiger partial charge on any atom is -0.330 e. The normalized spacial score (nSPS) is 17.7. The summed E-state index contributed by atoms with van der Waals surface area (Å²) in [4.78, 5) is 4.50. The van der Waals surface area contributed by atoms with Crippen molar-refractivity contribution in [2.24, 2.45) is 11.7 Å². The van der Waals surface area contributed by atoms with Crippen molar-refractivity contribution < 1.29 is 0 Å². The summed E-state index contributed by atoms with van der Waals surface area (Å²) in [7, 11) is 0. The van der Waals surface area contributed by atoms with Crippen LogP contribution >= 0.6 is 11.6 Å². The van der Waals surface area contributed by atoms with Crippen LogP contribution in [0.3, 0.4) is 0 Å². The van der Waals surface area contributed by atoms with Gasteiger partial charge in [0.05, 0.1) is 10.5 Å². The summed E-state index contributed by atoms with van der Waals surface area (Å²) < 4.78 is 0. The van der Waals surface area contributed by atoms with Crippen molar-refractivity contribution in [2.75, 3.05) is 6.54 Å². The van der Waals surface area contributed by atoms with Crippen LogP contribution in [-0.4, -0.2) is 11.5 Å². The highest BCUT2D eigenvalue weighted by Gasteiger charge is 2.27. The van der Waals surface area contributed by atoms with Crippen LogP contribution in [0.5, 0.6) is 0 Å². The Kier molecular flexibility index (Phi) is 3.23. The molecule has 0 radical (unpaired) electrons. The first-order chi connectivity index (χ1) is 8.79. The number of pyridine rings is 1. The molecule has 1 aliphatic rings. The summed E-state index contributed by atoms with van der Waals surface area (Å²) in [6, 6.07) is 8.11. The Bertz CT molecular complexity index is 563. The molecule has 1 unspecified atom stereocenters. The molecule has 3 rings (SSSR count). The van der Waals surface area contributed by atoms with E-state index in [2.05, 4.69) is 17.1 Å². The van der Waals surface area contributed by atoms with Crippen LogP contribution in [0.25, 0.3) is 10.9 Å². The predicted octanol–water partition coefficient (Wildman–Crippen LogP) is 3.73. The molecule has 18 heavy (non-hydrogen) atoms. The summed E-state index contributed by atoms with van der Waals surface area (Å²) in [5, 5.41) is 1.82. The monoisotopic (exact) mass is 260 g/mol. The largest absolute Gasteiger partial charge is 0.330 e. The topological polar surface area (TPSA) is 38.9 Å². The molecule has 1 aromatic carbocycles. The van der Waals surface area contributed by atoms with Gasteiger partial charge >= 0.3 is 0 Å². The van der Waals surface area contributed by atoms with Crippen molar-refractivity contribution in [3.63, 3.8) is 0 Å². The van der Waals surface area contributed by atoms with E-state index in [1.807, 2.05) is 18.3 Å². The van der Waals surface area contributed by atoms with Crippen molar-refractivity contribution in [1.29, 1.82) is 0 Å². The molecule has 2 N–H and O–H groups in total. The van der Waals surface area contributed by atoms with E-state index >= 15 is 0 Å². The predicted molar refractivity (Wildman–Crippen MR) is 75.9 cm³/mol. The number of fused-ring (bicyclic) bond motifs is 1. The number of halogens is 1. The van der Waals surface area contributed by atoms with E-state index in [0.29, 0.717) is 17.5 Å². The fourth-order valence-corrected chi connectivity index (χ4v) is 3.02. The molecule has 3 heteroatoms. The fourth-order valence-electron chi connectivity index (χ4n) is 2.79. The van der Waals surface area contributed by atoms with Gasteiger partial charge in [0.2, 0.25) is 0 Å². The number of rotatable bonds is 3. The second-order valence-corrected chi connectivity index (χ2v) is 5.52. The average molecular weight is 261 g/mol. The lowest BCUT2D eigenvalue weighted by atomic mass is 9.73. The Hall–Kier alpha value is -1.12. The highest BCUT2D eigenvalue weighted by Crippen LogP contribution is 2.39. The number of nitrogens with two attached hydrogens (primary N) is 1. The van der Waals surface area contributed by atoms with Gasteiger partial charge < -0.3 is 5.73 Å². The molecule has 1 aromatic heterocycles. The van der Waals surface area contributed by atoms with Gasteiger partial charge in [0, 0.05) is 17.5 Å². The van der Waals surface area contributed by atoms with Crippen LogP contribution in [0.4, 0.5) is 0 Å². The Morgan fingerprint density at radius 1 is 1.39 bits per heavy atom. The van der Waals surface area contributed by atoms with Gasteiger partial charge in [-0.15, -0.1) is 0 Å². The van der Waals surface area contributed by atoms with E-state index < -0.39 is 0 Å². The van der Waals surface area contributed by atoms with Gasteiger partial charge in [0.1, 0.15) is 0 Å². The maximum Gasteiger partial charge on any atom is 0.0888 e. The molecular weight excluding hydrogens is 244 g/mol. The number of aromatic nitrogens is 1. The summed E-state index contributed by atoms with van der Waals surface area (Å²) in [6.45, 7) is 0.707. The van der Waals surface area contributed by atoms with Gasteiger partial charge in [-0.25, -0.2) is 0 Å². The maximum absolute atomic E-state index is 6.14. The molecule has 2 aromatic rings. The van der Waals surface area contributed by atoms with E-state index in [0.717, 1.165) is 16.8 Å². The fraction of sp³-hybridized carbons (Fsp3) is 0.400. The standard InChI is InChI=1S/C15H17ClN2/c16-14-6-2-5-11-7-12(9-18-15(11)14)13(8-17)10-3-1-4-10/h2,5-7,9-10,13H,1,3-4,8,17H2. The molecular formula is C15H17ClN2. The van der Waals surface area contributed by atoms with Gasteiger partial charge in [-0.1, -0.05) is 30.2 Å². The number of benzene rings is 1.